The third-order valence-corrected chi connectivity index (χ3v) is 7.35. The molecule has 158 valence electrons. The van der Waals surface area contributed by atoms with Gasteiger partial charge in [0.25, 0.3) is 0 Å². The van der Waals surface area contributed by atoms with E-state index in [1.807, 2.05) is 6.92 Å². The van der Waals surface area contributed by atoms with Gasteiger partial charge in [-0.25, -0.2) is 18.1 Å². The first-order valence-electron chi connectivity index (χ1n) is 9.50. The molecule has 1 aromatic heterocycles. The van der Waals surface area contributed by atoms with E-state index in [2.05, 4.69) is 25.3 Å². The van der Waals surface area contributed by atoms with E-state index in [0.29, 0.717) is 5.02 Å². The minimum absolute atomic E-state index is 0.0175. The highest BCUT2D eigenvalue weighted by Crippen LogP contribution is 2.20. The lowest BCUT2D eigenvalue weighted by Gasteiger charge is -2.30. The average molecular weight is 457 g/mol. The number of nitrogens with one attached hydrogen (secondary N) is 2. The van der Waals surface area contributed by atoms with E-state index in [0.717, 1.165) is 43.2 Å². The second kappa shape index (κ2) is 9.99. The number of hydrogen-bond donors (Lipinski definition) is 2. The van der Waals surface area contributed by atoms with Gasteiger partial charge in [0, 0.05) is 36.0 Å². The molecular formula is C19H25ClN4O3S2. The summed E-state index contributed by atoms with van der Waals surface area (Å²) in [6.45, 7) is 4.91. The third kappa shape index (κ3) is 6.48. The van der Waals surface area contributed by atoms with Gasteiger partial charge in [-0.3, -0.25) is 9.69 Å². The molecule has 0 unspecified atom stereocenters. The lowest BCUT2D eigenvalue weighted by Crippen LogP contribution is -2.42. The third-order valence-electron chi connectivity index (χ3n) is 4.83. The molecule has 2 N–H and O–H groups in total. The maximum Gasteiger partial charge on any atom is 0.240 e. The number of sulfonamides is 1. The largest absolute Gasteiger partial charge is 0.355 e. The first kappa shape index (κ1) is 22.2. The number of likely N-dealkylation sites (tertiary alicyclic amines) is 1. The Bertz CT molecular complexity index is 940. The van der Waals surface area contributed by atoms with Gasteiger partial charge < -0.3 is 5.32 Å². The summed E-state index contributed by atoms with van der Waals surface area (Å²) in [5.41, 5.74) is 1.09. The molecule has 0 saturated carbocycles. The lowest BCUT2D eigenvalue weighted by molar-refractivity contribution is -0.126. The van der Waals surface area contributed by atoms with Crippen LogP contribution in [0.25, 0.3) is 0 Å². The van der Waals surface area contributed by atoms with Gasteiger partial charge in [-0.15, -0.1) is 11.3 Å². The maximum atomic E-state index is 12.4. The Hall–Kier alpha value is -1.52. The fraction of sp³-hybridized carbons (Fsp3) is 0.474. The van der Waals surface area contributed by atoms with Crippen LogP contribution in [0.5, 0.6) is 0 Å². The van der Waals surface area contributed by atoms with E-state index < -0.39 is 10.0 Å². The summed E-state index contributed by atoms with van der Waals surface area (Å²) in [7, 11) is -3.64. The molecule has 7 nitrogen and oxygen atoms in total. The SMILES string of the molecule is Cc1nc(CN2CCC(C(=O)NCCNS(=O)(=O)c3cccc(Cl)c3)CC2)cs1. The van der Waals surface area contributed by atoms with Crippen LogP contribution >= 0.6 is 22.9 Å². The number of aromatic nitrogens is 1. The molecule has 1 aliphatic rings. The van der Waals surface area contributed by atoms with Crippen LogP contribution in [0.1, 0.15) is 23.5 Å². The van der Waals surface area contributed by atoms with Crippen LogP contribution in [0.4, 0.5) is 0 Å². The summed E-state index contributed by atoms with van der Waals surface area (Å²) in [5.74, 6) is -0.0518. The number of benzene rings is 1. The highest BCUT2D eigenvalue weighted by molar-refractivity contribution is 7.89. The van der Waals surface area contributed by atoms with Gasteiger partial charge >= 0.3 is 0 Å². The summed E-state index contributed by atoms with van der Waals surface area (Å²) in [6, 6.07) is 6.07. The van der Waals surface area contributed by atoms with Crippen molar-refractivity contribution in [2.24, 2.45) is 5.92 Å². The van der Waals surface area contributed by atoms with Crippen LogP contribution in [-0.2, 0) is 21.4 Å². The number of nitrogens with zero attached hydrogens (tertiary/aromatic N) is 2. The quantitative estimate of drug-likeness (QED) is 0.595. The maximum absolute atomic E-state index is 12.4. The number of carbonyl (C=O) groups excluding carboxylic acids is 1. The number of piperidine rings is 1. The zero-order chi connectivity index (χ0) is 20.9. The summed E-state index contributed by atoms with van der Waals surface area (Å²) < 4.78 is 26.9. The molecule has 10 heteroatoms. The number of aryl methyl sites for hydroxylation is 1. The summed E-state index contributed by atoms with van der Waals surface area (Å²) in [6.07, 6.45) is 1.59. The molecule has 1 aliphatic heterocycles. The van der Waals surface area contributed by atoms with Crippen molar-refractivity contribution in [1.82, 2.24) is 19.9 Å². The molecule has 0 bridgehead atoms. The Balaban J connectivity index is 1.37. The summed E-state index contributed by atoms with van der Waals surface area (Å²) in [5, 5.41) is 6.34. The predicted molar refractivity (Wildman–Crippen MR) is 115 cm³/mol. The monoisotopic (exact) mass is 456 g/mol. The van der Waals surface area contributed by atoms with E-state index in [1.165, 1.54) is 12.1 Å². The average Bonchev–Trinajstić information content (AvgIpc) is 3.10. The summed E-state index contributed by atoms with van der Waals surface area (Å²) >= 11 is 7.49. The highest BCUT2D eigenvalue weighted by Gasteiger charge is 2.25. The van der Waals surface area contributed by atoms with Crippen molar-refractivity contribution in [2.75, 3.05) is 26.2 Å². The fourth-order valence-corrected chi connectivity index (χ4v) is 5.23. The molecule has 1 saturated heterocycles. The normalized spacial score (nSPS) is 16.1. The standard InChI is InChI=1S/C19H25ClN4O3S2/c1-14-23-17(13-28-14)12-24-9-5-15(6-10-24)19(25)21-7-8-22-29(26,27)18-4-2-3-16(20)11-18/h2-4,11,13,15,22H,5-10,12H2,1H3,(H,21,25). The van der Waals surface area contributed by atoms with Crippen LogP contribution in [0.3, 0.4) is 0 Å². The fourth-order valence-electron chi connectivity index (χ4n) is 3.30. The van der Waals surface area contributed by atoms with Gasteiger partial charge in [0.2, 0.25) is 15.9 Å². The summed E-state index contributed by atoms with van der Waals surface area (Å²) in [4.78, 5) is 19.3. The number of halogens is 1. The lowest BCUT2D eigenvalue weighted by atomic mass is 9.96. The molecule has 0 radical (unpaired) electrons. The number of carbonyl (C=O) groups is 1. The Kier molecular flexibility index (Phi) is 7.64. The number of thiazole rings is 1. The molecule has 0 atom stereocenters. The molecule has 1 amide bonds. The number of rotatable bonds is 8. The van der Waals surface area contributed by atoms with Gasteiger partial charge in [-0.2, -0.15) is 0 Å². The second-order valence-electron chi connectivity index (χ2n) is 7.05. The van der Waals surface area contributed by atoms with E-state index in [-0.39, 0.29) is 29.8 Å². The molecule has 1 aromatic carbocycles. The van der Waals surface area contributed by atoms with E-state index in [9.17, 15) is 13.2 Å². The second-order valence-corrected chi connectivity index (χ2v) is 10.3. The van der Waals surface area contributed by atoms with Crippen molar-refractivity contribution in [1.29, 1.82) is 0 Å². The molecule has 2 heterocycles. The predicted octanol–water partition coefficient (Wildman–Crippen LogP) is 2.41. The van der Waals surface area contributed by atoms with Gasteiger partial charge in [0.1, 0.15) is 0 Å². The van der Waals surface area contributed by atoms with Crippen molar-refractivity contribution in [3.05, 3.63) is 45.4 Å². The first-order valence-corrected chi connectivity index (χ1v) is 12.2. The van der Waals surface area contributed by atoms with Crippen molar-refractivity contribution in [3.63, 3.8) is 0 Å². The number of amides is 1. The first-order chi connectivity index (χ1) is 13.8. The Morgan fingerprint density at radius 1 is 1.31 bits per heavy atom. The van der Waals surface area contributed by atoms with Crippen LogP contribution in [0.2, 0.25) is 5.02 Å². The zero-order valence-electron chi connectivity index (χ0n) is 16.2. The highest BCUT2D eigenvalue weighted by atomic mass is 35.5. The van der Waals surface area contributed by atoms with Gasteiger partial charge in [-0.1, -0.05) is 17.7 Å². The molecule has 1 fully saturated rings. The van der Waals surface area contributed by atoms with E-state index in [1.54, 1.807) is 23.5 Å². The van der Waals surface area contributed by atoms with Crippen LogP contribution in [-0.4, -0.2) is 50.4 Å². The van der Waals surface area contributed by atoms with Gasteiger partial charge in [0.15, 0.2) is 0 Å². The van der Waals surface area contributed by atoms with E-state index in [4.69, 9.17) is 11.6 Å². The Morgan fingerprint density at radius 2 is 2.07 bits per heavy atom. The van der Waals surface area contributed by atoms with Crippen molar-refractivity contribution in [2.45, 2.75) is 31.2 Å². The van der Waals surface area contributed by atoms with E-state index >= 15 is 0 Å². The Labute approximate surface area is 180 Å². The molecule has 0 spiro atoms. The number of hydrogen-bond acceptors (Lipinski definition) is 6. The van der Waals surface area contributed by atoms with Crippen molar-refractivity contribution in [3.8, 4) is 0 Å². The van der Waals surface area contributed by atoms with Gasteiger partial charge in [-0.05, 0) is 51.1 Å². The smallest absolute Gasteiger partial charge is 0.240 e. The Morgan fingerprint density at radius 3 is 2.72 bits per heavy atom. The topological polar surface area (TPSA) is 91.4 Å². The van der Waals surface area contributed by atoms with Crippen LogP contribution < -0.4 is 10.0 Å². The molecule has 29 heavy (non-hydrogen) atoms. The molecule has 3 rings (SSSR count). The minimum Gasteiger partial charge on any atom is -0.355 e. The minimum atomic E-state index is -3.64. The molecule has 2 aromatic rings. The molecule has 0 aliphatic carbocycles. The van der Waals surface area contributed by atoms with Gasteiger partial charge in [0.05, 0.1) is 15.6 Å². The zero-order valence-corrected chi connectivity index (χ0v) is 18.6. The van der Waals surface area contributed by atoms with Crippen molar-refractivity contribution < 1.29 is 13.2 Å². The van der Waals surface area contributed by atoms with Crippen LogP contribution in [0, 0.1) is 12.8 Å². The van der Waals surface area contributed by atoms with Crippen molar-refractivity contribution >= 4 is 38.9 Å². The van der Waals surface area contributed by atoms with Crippen LogP contribution in [0.15, 0.2) is 34.5 Å². The molecular weight excluding hydrogens is 432 g/mol.